The van der Waals surface area contributed by atoms with E-state index < -0.39 is 0 Å². The summed E-state index contributed by atoms with van der Waals surface area (Å²) in [7, 11) is 0. The Labute approximate surface area is 122 Å². The minimum absolute atomic E-state index is 0.489. The van der Waals surface area contributed by atoms with Crippen molar-refractivity contribution in [3.05, 3.63) is 46.4 Å². The van der Waals surface area contributed by atoms with Crippen LogP contribution < -0.4 is 0 Å². The van der Waals surface area contributed by atoms with E-state index in [4.69, 9.17) is 16.0 Å². The molecule has 0 fully saturated rings. The van der Waals surface area contributed by atoms with Crippen molar-refractivity contribution in [1.82, 2.24) is 9.97 Å². The van der Waals surface area contributed by atoms with Crippen LogP contribution >= 0.6 is 11.6 Å². The van der Waals surface area contributed by atoms with Crippen LogP contribution in [-0.4, -0.2) is 9.97 Å². The van der Waals surface area contributed by atoms with E-state index in [-0.39, 0.29) is 0 Å². The zero-order valence-corrected chi connectivity index (χ0v) is 12.5. The van der Waals surface area contributed by atoms with Crippen molar-refractivity contribution in [3.8, 4) is 11.5 Å². The van der Waals surface area contributed by atoms with E-state index in [0.717, 1.165) is 40.2 Å². The minimum Gasteiger partial charge on any atom is -0.454 e. The summed E-state index contributed by atoms with van der Waals surface area (Å²) in [5.74, 6) is 1.47. The first-order valence-corrected chi connectivity index (χ1v) is 7.00. The topological polar surface area (TPSA) is 38.9 Å². The number of halogens is 1. The summed E-state index contributed by atoms with van der Waals surface area (Å²) in [6.45, 7) is 5.98. The van der Waals surface area contributed by atoms with Crippen LogP contribution in [0.5, 0.6) is 0 Å². The van der Waals surface area contributed by atoms with Gasteiger partial charge in [-0.2, -0.15) is 0 Å². The van der Waals surface area contributed by atoms with Crippen LogP contribution in [0.25, 0.3) is 22.4 Å². The van der Waals surface area contributed by atoms with Crippen LogP contribution in [0.4, 0.5) is 0 Å². The Hall–Kier alpha value is -1.87. The molecule has 20 heavy (non-hydrogen) atoms. The quantitative estimate of drug-likeness (QED) is 0.640. The molecule has 2 aromatic heterocycles. The van der Waals surface area contributed by atoms with Gasteiger partial charge in [0.05, 0.1) is 0 Å². The molecule has 0 amide bonds. The molecule has 0 aliphatic rings. The second-order valence-electron chi connectivity index (χ2n) is 4.91. The highest BCUT2D eigenvalue weighted by atomic mass is 35.5. The number of rotatable bonds is 2. The smallest absolute Gasteiger partial charge is 0.154 e. The summed E-state index contributed by atoms with van der Waals surface area (Å²) in [6, 6.07) is 8.12. The van der Waals surface area contributed by atoms with Crippen molar-refractivity contribution < 1.29 is 4.42 Å². The van der Waals surface area contributed by atoms with E-state index in [9.17, 15) is 0 Å². The zero-order valence-electron chi connectivity index (χ0n) is 11.7. The largest absolute Gasteiger partial charge is 0.454 e. The van der Waals surface area contributed by atoms with Gasteiger partial charge in [0.25, 0.3) is 0 Å². The highest BCUT2D eigenvalue weighted by Gasteiger charge is 2.14. The maximum atomic E-state index is 6.18. The van der Waals surface area contributed by atoms with Gasteiger partial charge in [0.2, 0.25) is 0 Å². The van der Waals surface area contributed by atoms with E-state index in [0.29, 0.717) is 5.15 Å². The Kier molecular flexibility index (Phi) is 3.22. The number of hydrogen-bond donors (Lipinski definition) is 0. The molecule has 1 aromatic carbocycles. The van der Waals surface area contributed by atoms with Crippen molar-refractivity contribution >= 4 is 22.6 Å². The standard InChI is InChI=1S/C16H15ClN2O/c1-4-14-18-15(10(3)16(17)19-14)13-8-11-7-9(2)5-6-12(11)20-13/h5-8H,4H2,1-3H3. The Morgan fingerprint density at radius 1 is 1.15 bits per heavy atom. The van der Waals surface area contributed by atoms with Crippen molar-refractivity contribution in [1.29, 1.82) is 0 Å². The molecule has 0 unspecified atom stereocenters. The molecule has 0 bridgehead atoms. The highest BCUT2D eigenvalue weighted by Crippen LogP contribution is 2.31. The third-order valence-electron chi connectivity index (χ3n) is 3.35. The van der Waals surface area contributed by atoms with Crippen LogP contribution in [0.15, 0.2) is 28.7 Å². The third-order valence-corrected chi connectivity index (χ3v) is 3.72. The maximum Gasteiger partial charge on any atom is 0.154 e. The molecule has 3 nitrogen and oxygen atoms in total. The molecular formula is C16H15ClN2O. The summed E-state index contributed by atoms with van der Waals surface area (Å²) in [4.78, 5) is 8.81. The maximum absolute atomic E-state index is 6.18. The van der Waals surface area contributed by atoms with Crippen molar-refractivity contribution in [2.75, 3.05) is 0 Å². The molecule has 0 spiro atoms. The molecule has 0 radical (unpaired) electrons. The van der Waals surface area contributed by atoms with Gasteiger partial charge in [-0.25, -0.2) is 9.97 Å². The van der Waals surface area contributed by atoms with Gasteiger partial charge in [-0.05, 0) is 32.0 Å². The normalized spacial score (nSPS) is 11.2. The van der Waals surface area contributed by atoms with Crippen LogP contribution in [0, 0.1) is 13.8 Å². The average Bonchev–Trinajstić information content (AvgIpc) is 2.84. The van der Waals surface area contributed by atoms with Crippen molar-refractivity contribution in [2.24, 2.45) is 0 Å². The van der Waals surface area contributed by atoms with Gasteiger partial charge in [-0.3, -0.25) is 0 Å². The number of benzene rings is 1. The van der Waals surface area contributed by atoms with Gasteiger partial charge >= 0.3 is 0 Å². The van der Waals surface area contributed by atoms with Gasteiger partial charge in [0.15, 0.2) is 5.76 Å². The number of aryl methyl sites for hydroxylation is 2. The van der Waals surface area contributed by atoms with Crippen LogP contribution in [0.2, 0.25) is 5.15 Å². The Bertz CT molecular complexity index is 793. The molecule has 4 heteroatoms. The molecule has 2 heterocycles. The van der Waals surface area contributed by atoms with E-state index >= 15 is 0 Å². The SMILES string of the molecule is CCc1nc(Cl)c(C)c(-c2cc3cc(C)ccc3o2)n1. The number of aromatic nitrogens is 2. The predicted molar refractivity (Wildman–Crippen MR) is 81.1 cm³/mol. The Balaban J connectivity index is 2.22. The van der Waals surface area contributed by atoms with E-state index in [2.05, 4.69) is 23.0 Å². The van der Waals surface area contributed by atoms with Gasteiger partial charge < -0.3 is 4.42 Å². The summed E-state index contributed by atoms with van der Waals surface area (Å²) in [5, 5.41) is 1.57. The number of furan rings is 1. The molecule has 3 aromatic rings. The summed E-state index contributed by atoms with van der Waals surface area (Å²) < 4.78 is 5.90. The lowest BCUT2D eigenvalue weighted by molar-refractivity contribution is 0.626. The molecule has 102 valence electrons. The van der Waals surface area contributed by atoms with Gasteiger partial charge in [0, 0.05) is 17.4 Å². The first-order chi connectivity index (χ1) is 9.58. The Morgan fingerprint density at radius 2 is 1.95 bits per heavy atom. The van der Waals surface area contributed by atoms with Crippen LogP contribution in [-0.2, 0) is 6.42 Å². The molecular weight excluding hydrogens is 272 g/mol. The molecule has 3 rings (SSSR count). The second-order valence-corrected chi connectivity index (χ2v) is 5.27. The molecule has 0 N–H and O–H groups in total. The molecule has 0 aliphatic carbocycles. The van der Waals surface area contributed by atoms with Crippen molar-refractivity contribution in [3.63, 3.8) is 0 Å². The monoisotopic (exact) mass is 286 g/mol. The van der Waals surface area contributed by atoms with E-state index in [1.54, 1.807) is 0 Å². The van der Waals surface area contributed by atoms with Gasteiger partial charge in [-0.15, -0.1) is 0 Å². The van der Waals surface area contributed by atoms with Crippen LogP contribution in [0.3, 0.4) is 0 Å². The summed E-state index contributed by atoms with van der Waals surface area (Å²) in [5.41, 5.74) is 3.68. The summed E-state index contributed by atoms with van der Waals surface area (Å²) >= 11 is 6.18. The van der Waals surface area contributed by atoms with Crippen molar-refractivity contribution in [2.45, 2.75) is 27.2 Å². The first-order valence-electron chi connectivity index (χ1n) is 6.62. The number of fused-ring (bicyclic) bond motifs is 1. The highest BCUT2D eigenvalue weighted by molar-refractivity contribution is 6.30. The number of hydrogen-bond acceptors (Lipinski definition) is 3. The molecule has 0 saturated carbocycles. The molecule has 0 atom stereocenters. The molecule has 0 aliphatic heterocycles. The fourth-order valence-electron chi connectivity index (χ4n) is 2.21. The first kappa shape index (κ1) is 13.1. The lowest BCUT2D eigenvalue weighted by Crippen LogP contribution is -1.98. The molecule has 0 saturated heterocycles. The summed E-state index contributed by atoms with van der Waals surface area (Å²) in [6.07, 6.45) is 0.742. The predicted octanol–water partition coefficient (Wildman–Crippen LogP) is 4.72. The number of nitrogens with zero attached hydrogens (tertiary/aromatic N) is 2. The third kappa shape index (κ3) is 2.18. The fourth-order valence-corrected chi connectivity index (χ4v) is 2.40. The van der Waals surface area contributed by atoms with Gasteiger partial charge in [-0.1, -0.05) is 30.2 Å². The second kappa shape index (κ2) is 4.91. The minimum atomic E-state index is 0.489. The lowest BCUT2D eigenvalue weighted by Gasteiger charge is -2.05. The van der Waals surface area contributed by atoms with Gasteiger partial charge in [0.1, 0.15) is 22.3 Å². The average molecular weight is 287 g/mol. The van der Waals surface area contributed by atoms with Crippen LogP contribution in [0.1, 0.15) is 23.9 Å². The van der Waals surface area contributed by atoms with E-state index in [1.165, 1.54) is 5.56 Å². The van der Waals surface area contributed by atoms with E-state index in [1.807, 2.05) is 32.0 Å². The Morgan fingerprint density at radius 3 is 2.70 bits per heavy atom. The zero-order chi connectivity index (χ0) is 14.3. The fraction of sp³-hybridized carbons (Fsp3) is 0.250. The lowest BCUT2D eigenvalue weighted by atomic mass is 10.1.